The number of furan rings is 1. The Morgan fingerprint density at radius 1 is 1.26 bits per heavy atom. The summed E-state index contributed by atoms with van der Waals surface area (Å²) in [5.74, 6) is 0.979. The van der Waals surface area contributed by atoms with Gasteiger partial charge in [0.25, 0.3) is 10.7 Å². The molecule has 23 heavy (non-hydrogen) atoms. The van der Waals surface area contributed by atoms with Crippen LogP contribution in [0.15, 0.2) is 45.4 Å². The number of aromatic nitrogens is 2. The Morgan fingerprint density at radius 3 is 2.78 bits per heavy atom. The van der Waals surface area contributed by atoms with Crippen molar-refractivity contribution < 1.29 is 8.83 Å². The van der Waals surface area contributed by atoms with Crippen molar-refractivity contribution >= 4 is 12.2 Å². The van der Waals surface area contributed by atoms with Crippen LogP contribution >= 0.6 is 12.2 Å². The van der Waals surface area contributed by atoms with E-state index < -0.39 is 0 Å². The zero-order valence-corrected chi connectivity index (χ0v) is 14.3. The van der Waals surface area contributed by atoms with Crippen LogP contribution in [0.3, 0.4) is 0 Å². The van der Waals surface area contributed by atoms with E-state index in [1.807, 2.05) is 7.05 Å². The number of rotatable bonds is 5. The first-order chi connectivity index (χ1) is 11.0. The molecule has 0 aliphatic heterocycles. The van der Waals surface area contributed by atoms with Gasteiger partial charge in [0, 0.05) is 6.54 Å². The van der Waals surface area contributed by atoms with Crippen molar-refractivity contribution in [3.8, 4) is 11.7 Å². The summed E-state index contributed by atoms with van der Waals surface area (Å²) < 4.78 is 12.4. The summed E-state index contributed by atoms with van der Waals surface area (Å²) in [6.07, 6.45) is 1.58. The minimum atomic E-state index is 0.337. The van der Waals surface area contributed by atoms with Gasteiger partial charge in [-0.3, -0.25) is 4.90 Å². The number of hydrogen-bond acceptors (Lipinski definition) is 5. The molecule has 0 amide bonds. The lowest BCUT2D eigenvalue weighted by atomic mass is 10.1. The van der Waals surface area contributed by atoms with Crippen LogP contribution in [0.5, 0.6) is 0 Å². The summed E-state index contributed by atoms with van der Waals surface area (Å²) in [4.78, 5) is 2.48. The van der Waals surface area contributed by atoms with Crippen LogP contribution in [-0.2, 0) is 13.2 Å². The molecule has 0 saturated carbocycles. The van der Waals surface area contributed by atoms with Crippen LogP contribution in [0.2, 0.25) is 0 Å². The molecule has 3 rings (SSSR count). The van der Waals surface area contributed by atoms with Crippen molar-refractivity contribution in [2.45, 2.75) is 27.1 Å². The number of nitrogens with zero attached hydrogens (tertiary/aromatic N) is 3. The maximum Gasteiger partial charge on any atom is 0.288 e. The summed E-state index contributed by atoms with van der Waals surface area (Å²) in [5.41, 5.74) is 3.85. The minimum Gasteiger partial charge on any atom is -0.459 e. The average Bonchev–Trinajstić information content (AvgIpc) is 3.13. The average molecular weight is 329 g/mol. The Balaban J connectivity index is 1.73. The van der Waals surface area contributed by atoms with Gasteiger partial charge in [0.1, 0.15) is 0 Å². The number of benzene rings is 1. The first-order valence-corrected chi connectivity index (χ1v) is 7.80. The van der Waals surface area contributed by atoms with E-state index in [1.54, 1.807) is 23.1 Å². The molecule has 3 aromatic rings. The van der Waals surface area contributed by atoms with E-state index in [2.05, 4.69) is 42.0 Å². The predicted molar refractivity (Wildman–Crippen MR) is 90.4 cm³/mol. The first-order valence-electron chi connectivity index (χ1n) is 7.39. The lowest BCUT2D eigenvalue weighted by Gasteiger charge is -2.17. The molecule has 0 radical (unpaired) electrons. The van der Waals surface area contributed by atoms with Crippen molar-refractivity contribution in [3.63, 3.8) is 0 Å². The summed E-state index contributed by atoms with van der Waals surface area (Å²) in [7, 11) is 2.03. The highest BCUT2D eigenvalue weighted by Gasteiger charge is 2.12. The van der Waals surface area contributed by atoms with Gasteiger partial charge in [-0.1, -0.05) is 23.8 Å². The van der Waals surface area contributed by atoms with Crippen molar-refractivity contribution in [3.05, 3.63) is 58.1 Å². The second-order valence-electron chi connectivity index (χ2n) is 5.74. The van der Waals surface area contributed by atoms with E-state index in [1.165, 1.54) is 16.7 Å². The molecular weight excluding hydrogens is 310 g/mol. The second kappa shape index (κ2) is 6.52. The molecule has 1 aromatic carbocycles. The fraction of sp³-hybridized carbons (Fsp3) is 0.294. The quantitative estimate of drug-likeness (QED) is 0.657. The monoisotopic (exact) mass is 329 g/mol. The molecule has 120 valence electrons. The van der Waals surface area contributed by atoms with E-state index >= 15 is 0 Å². The number of hydrogen-bond donors (Lipinski definition) is 0. The smallest absolute Gasteiger partial charge is 0.288 e. The van der Waals surface area contributed by atoms with Gasteiger partial charge in [-0.2, -0.15) is 0 Å². The van der Waals surface area contributed by atoms with E-state index in [9.17, 15) is 0 Å². The Hall–Kier alpha value is -2.18. The molecule has 6 heteroatoms. The van der Waals surface area contributed by atoms with Gasteiger partial charge in [-0.15, -0.1) is 5.10 Å². The van der Waals surface area contributed by atoms with Crippen LogP contribution in [-0.4, -0.2) is 21.7 Å². The van der Waals surface area contributed by atoms with Crippen molar-refractivity contribution in [1.82, 2.24) is 14.7 Å². The Bertz CT molecular complexity index is 849. The molecule has 0 fully saturated rings. The molecule has 5 nitrogen and oxygen atoms in total. The van der Waals surface area contributed by atoms with Crippen molar-refractivity contribution in [2.24, 2.45) is 0 Å². The van der Waals surface area contributed by atoms with E-state index in [0.717, 1.165) is 6.54 Å². The van der Waals surface area contributed by atoms with Gasteiger partial charge < -0.3 is 8.83 Å². The normalized spacial score (nSPS) is 11.3. The fourth-order valence-electron chi connectivity index (χ4n) is 2.49. The summed E-state index contributed by atoms with van der Waals surface area (Å²) >= 11 is 5.24. The largest absolute Gasteiger partial charge is 0.459 e. The Morgan fingerprint density at radius 2 is 2.09 bits per heavy atom. The molecule has 0 saturated heterocycles. The summed E-state index contributed by atoms with van der Waals surface area (Å²) in [6, 6.07) is 10.1. The zero-order valence-electron chi connectivity index (χ0n) is 13.4. The van der Waals surface area contributed by atoms with Crippen LogP contribution < -0.4 is 0 Å². The van der Waals surface area contributed by atoms with Gasteiger partial charge in [0.15, 0.2) is 5.76 Å². The maximum absolute atomic E-state index is 5.50. The van der Waals surface area contributed by atoms with Gasteiger partial charge in [0.05, 0.1) is 12.9 Å². The summed E-state index contributed by atoms with van der Waals surface area (Å²) in [5, 5.41) is 4.38. The molecule has 0 aliphatic rings. The predicted octanol–water partition coefficient (Wildman–Crippen LogP) is 4.17. The van der Waals surface area contributed by atoms with Crippen molar-refractivity contribution in [1.29, 1.82) is 0 Å². The molecule has 2 aromatic heterocycles. The SMILES string of the molecule is Cc1ccc(CN(C)Cn2nc(-c3ccco3)oc2=S)c(C)c1. The third-order valence-corrected chi connectivity index (χ3v) is 3.95. The van der Waals surface area contributed by atoms with Gasteiger partial charge >= 0.3 is 0 Å². The van der Waals surface area contributed by atoms with Gasteiger partial charge in [-0.25, -0.2) is 4.68 Å². The van der Waals surface area contributed by atoms with E-state index in [-0.39, 0.29) is 0 Å². The lowest BCUT2D eigenvalue weighted by Crippen LogP contribution is -2.22. The lowest BCUT2D eigenvalue weighted by molar-refractivity contribution is 0.240. The molecule has 0 bridgehead atoms. The van der Waals surface area contributed by atoms with Crippen LogP contribution in [0.4, 0.5) is 0 Å². The Kier molecular flexibility index (Phi) is 4.45. The first kappa shape index (κ1) is 15.7. The molecule has 0 N–H and O–H groups in total. The molecule has 0 unspecified atom stereocenters. The highest BCUT2D eigenvalue weighted by Crippen LogP contribution is 2.18. The zero-order chi connectivity index (χ0) is 16.4. The maximum atomic E-state index is 5.50. The molecule has 0 atom stereocenters. The fourth-order valence-corrected chi connectivity index (χ4v) is 2.67. The van der Waals surface area contributed by atoms with E-state index in [4.69, 9.17) is 21.1 Å². The second-order valence-corrected chi connectivity index (χ2v) is 6.08. The standard InChI is InChI=1S/C17H19N3O2S/c1-12-6-7-14(13(2)9-12)10-19(3)11-20-17(23)22-16(18-20)15-5-4-8-21-15/h4-9H,10-11H2,1-3H3. The number of aryl methyl sites for hydroxylation is 2. The highest BCUT2D eigenvalue weighted by atomic mass is 32.1. The Labute approximate surface area is 140 Å². The minimum absolute atomic E-state index is 0.337. The van der Waals surface area contributed by atoms with Gasteiger partial charge in [0.2, 0.25) is 0 Å². The van der Waals surface area contributed by atoms with Crippen LogP contribution in [0.25, 0.3) is 11.7 Å². The highest BCUT2D eigenvalue weighted by molar-refractivity contribution is 7.71. The third-order valence-electron chi connectivity index (χ3n) is 3.65. The molecule has 2 heterocycles. The van der Waals surface area contributed by atoms with Crippen LogP contribution in [0.1, 0.15) is 16.7 Å². The molecule has 0 spiro atoms. The third kappa shape index (κ3) is 3.60. The topological polar surface area (TPSA) is 47.3 Å². The van der Waals surface area contributed by atoms with Crippen molar-refractivity contribution in [2.75, 3.05) is 7.05 Å². The molecular formula is C17H19N3O2S. The van der Waals surface area contributed by atoms with E-state index in [0.29, 0.717) is 23.2 Å². The summed E-state index contributed by atoms with van der Waals surface area (Å²) in [6.45, 7) is 5.60. The molecule has 0 aliphatic carbocycles. The van der Waals surface area contributed by atoms with Gasteiger partial charge in [-0.05, 0) is 56.4 Å². The van der Waals surface area contributed by atoms with Crippen LogP contribution in [0, 0.1) is 18.7 Å².